The first-order valence-electron chi connectivity index (χ1n) is 17.5. The number of aromatic nitrogens is 3. The van der Waals surface area contributed by atoms with Crippen molar-refractivity contribution in [2.45, 2.75) is 19.3 Å². The largest absolute Gasteiger partial charge is 0.276 e. The number of thiophene rings is 1. The molecule has 4 heteroatoms. The molecule has 0 radical (unpaired) electrons. The predicted octanol–water partition coefficient (Wildman–Crippen LogP) is 12.7. The van der Waals surface area contributed by atoms with E-state index in [1.54, 1.807) is 0 Å². The molecule has 3 nitrogen and oxygen atoms in total. The van der Waals surface area contributed by atoms with E-state index in [0.29, 0.717) is 5.95 Å². The quantitative estimate of drug-likeness (QED) is 0.187. The van der Waals surface area contributed by atoms with Crippen LogP contribution < -0.4 is 0 Å². The molecule has 0 saturated heterocycles. The molecule has 10 aromatic rings. The summed E-state index contributed by atoms with van der Waals surface area (Å²) in [6, 6.07) is 54.6. The molecule has 11 rings (SSSR count). The molecule has 3 aromatic heterocycles. The summed E-state index contributed by atoms with van der Waals surface area (Å²) in [5.41, 5.74) is 11.7. The third-order valence-electron chi connectivity index (χ3n) is 11.0. The molecule has 0 bridgehead atoms. The van der Waals surface area contributed by atoms with Gasteiger partial charge in [-0.1, -0.05) is 147 Å². The topological polar surface area (TPSA) is 30.7 Å². The SMILES string of the molecule is CC1(C)c2ccccc2-c2sc3c(ccc4c5ccccc5n(-c5nc(-c6ccccc6)c6cc(-c7cccc8ccccc78)ccc6n5)c43)c21. The normalized spacial score (nSPS) is 13.5. The van der Waals surface area contributed by atoms with Crippen LogP contribution in [0, 0.1) is 0 Å². The fourth-order valence-corrected chi connectivity index (χ4v) is 10.2. The minimum absolute atomic E-state index is 0.0869. The lowest BCUT2D eigenvalue weighted by Gasteiger charge is -2.21. The van der Waals surface area contributed by atoms with Crippen molar-refractivity contribution in [3.63, 3.8) is 0 Å². The highest BCUT2D eigenvalue weighted by molar-refractivity contribution is 7.23. The Morgan fingerprint density at radius 1 is 0.549 bits per heavy atom. The molecule has 0 amide bonds. The van der Waals surface area contributed by atoms with E-state index in [9.17, 15) is 0 Å². The summed E-state index contributed by atoms with van der Waals surface area (Å²) in [6.07, 6.45) is 0. The number of nitrogens with zero attached hydrogens (tertiary/aromatic N) is 3. The average molecular weight is 670 g/mol. The molecule has 0 fully saturated rings. The van der Waals surface area contributed by atoms with Gasteiger partial charge in [0.25, 0.3) is 0 Å². The first kappa shape index (κ1) is 28.7. The third-order valence-corrected chi connectivity index (χ3v) is 12.2. The summed E-state index contributed by atoms with van der Waals surface area (Å²) in [7, 11) is 0. The van der Waals surface area contributed by atoms with Crippen LogP contribution in [-0.4, -0.2) is 14.5 Å². The molecule has 240 valence electrons. The average Bonchev–Trinajstić information content (AvgIpc) is 3.81. The molecular formula is C47H31N3S. The summed E-state index contributed by atoms with van der Waals surface area (Å²) in [5, 5.41) is 7.25. The zero-order chi connectivity index (χ0) is 33.8. The minimum atomic E-state index is -0.0869. The smallest absolute Gasteiger partial charge is 0.235 e. The van der Waals surface area contributed by atoms with Crippen molar-refractivity contribution in [1.82, 2.24) is 14.5 Å². The van der Waals surface area contributed by atoms with E-state index in [1.165, 1.54) is 64.3 Å². The highest BCUT2D eigenvalue weighted by atomic mass is 32.1. The van der Waals surface area contributed by atoms with Crippen LogP contribution in [0.5, 0.6) is 0 Å². The number of hydrogen-bond acceptors (Lipinski definition) is 3. The number of para-hydroxylation sites is 1. The van der Waals surface area contributed by atoms with Crippen LogP contribution in [0.15, 0.2) is 152 Å². The van der Waals surface area contributed by atoms with Gasteiger partial charge < -0.3 is 0 Å². The van der Waals surface area contributed by atoms with Crippen LogP contribution in [0.25, 0.3) is 92.3 Å². The Morgan fingerprint density at radius 2 is 1.27 bits per heavy atom. The maximum atomic E-state index is 5.50. The van der Waals surface area contributed by atoms with E-state index in [1.807, 2.05) is 11.3 Å². The van der Waals surface area contributed by atoms with Crippen molar-refractivity contribution in [2.24, 2.45) is 0 Å². The van der Waals surface area contributed by atoms with E-state index in [-0.39, 0.29) is 5.41 Å². The summed E-state index contributed by atoms with van der Waals surface area (Å²) in [5.74, 6) is 0.686. The van der Waals surface area contributed by atoms with Crippen molar-refractivity contribution in [1.29, 1.82) is 0 Å². The standard InChI is InChI=1S/C47H31N3S/c1-47(2)38-21-10-8-19-35(38)44-41(47)36-25-24-34-33-18-9-11-22-40(33)50(43(34)45(36)51-44)46-48-39-26-23-30(32-20-12-16-28-13-6-7-17-31(28)32)27-37(39)42(49-46)29-14-4-3-5-15-29/h3-27H,1-2H3. The second-order valence-electron chi connectivity index (χ2n) is 14.2. The monoisotopic (exact) mass is 669 g/mol. The molecule has 1 aliphatic carbocycles. The zero-order valence-corrected chi connectivity index (χ0v) is 29.0. The summed E-state index contributed by atoms with van der Waals surface area (Å²) < 4.78 is 3.61. The third kappa shape index (κ3) is 3.99. The second-order valence-corrected chi connectivity index (χ2v) is 15.2. The number of hydrogen-bond donors (Lipinski definition) is 0. The molecule has 1 aliphatic rings. The molecule has 0 spiro atoms. The highest BCUT2D eigenvalue weighted by Gasteiger charge is 2.39. The van der Waals surface area contributed by atoms with Crippen molar-refractivity contribution < 1.29 is 0 Å². The van der Waals surface area contributed by atoms with E-state index in [0.717, 1.165) is 33.2 Å². The molecule has 0 atom stereocenters. The van der Waals surface area contributed by atoms with Crippen molar-refractivity contribution in [3.05, 3.63) is 163 Å². The molecule has 51 heavy (non-hydrogen) atoms. The van der Waals surface area contributed by atoms with Gasteiger partial charge in [0.2, 0.25) is 5.95 Å². The Morgan fingerprint density at radius 3 is 2.18 bits per heavy atom. The van der Waals surface area contributed by atoms with Gasteiger partial charge in [0.05, 0.1) is 26.9 Å². The fraction of sp³-hybridized carbons (Fsp3) is 0.0638. The minimum Gasteiger partial charge on any atom is -0.276 e. The van der Waals surface area contributed by atoms with Gasteiger partial charge in [0.15, 0.2) is 0 Å². The van der Waals surface area contributed by atoms with Gasteiger partial charge in [-0.3, -0.25) is 4.57 Å². The van der Waals surface area contributed by atoms with Gasteiger partial charge in [-0.25, -0.2) is 9.97 Å². The fourth-order valence-electron chi connectivity index (χ4n) is 8.66. The van der Waals surface area contributed by atoms with Crippen molar-refractivity contribution in [2.75, 3.05) is 0 Å². The van der Waals surface area contributed by atoms with Crippen LogP contribution in [0.1, 0.15) is 25.0 Å². The van der Waals surface area contributed by atoms with Crippen LogP contribution >= 0.6 is 11.3 Å². The Bertz CT molecular complexity index is 3050. The molecule has 0 unspecified atom stereocenters. The van der Waals surface area contributed by atoms with Crippen molar-refractivity contribution in [3.8, 4) is 38.8 Å². The van der Waals surface area contributed by atoms with Crippen LogP contribution in [0.4, 0.5) is 0 Å². The summed E-state index contributed by atoms with van der Waals surface area (Å²) in [4.78, 5) is 12.3. The summed E-state index contributed by atoms with van der Waals surface area (Å²) in [6.45, 7) is 4.74. The number of benzene rings is 7. The van der Waals surface area contributed by atoms with E-state index < -0.39 is 0 Å². The first-order valence-corrected chi connectivity index (χ1v) is 18.3. The number of rotatable bonds is 3. The van der Waals surface area contributed by atoms with Crippen molar-refractivity contribution >= 4 is 64.9 Å². The van der Waals surface area contributed by atoms with E-state index in [4.69, 9.17) is 9.97 Å². The van der Waals surface area contributed by atoms with E-state index in [2.05, 4.69) is 170 Å². The molecule has 0 N–H and O–H groups in total. The predicted molar refractivity (Wildman–Crippen MR) is 215 cm³/mol. The van der Waals surface area contributed by atoms with Crippen LogP contribution in [0.3, 0.4) is 0 Å². The van der Waals surface area contributed by atoms with Gasteiger partial charge in [-0.2, -0.15) is 0 Å². The van der Waals surface area contributed by atoms with Crippen LogP contribution in [0.2, 0.25) is 0 Å². The molecule has 0 aliphatic heterocycles. The molecule has 0 saturated carbocycles. The van der Waals surface area contributed by atoms with Gasteiger partial charge in [-0.05, 0) is 62.2 Å². The lowest BCUT2D eigenvalue weighted by atomic mass is 9.81. The molecular weight excluding hydrogens is 639 g/mol. The highest BCUT2D eigenvalue weighted by Crippen LogP contribution is 2.56. The van der Waals surface area contributed by atoms with E-state index >= 15 is 0 Å². The van der Waals surface area contributed by atoms with Gasteiger partial charge in [0.1, 0.15) is 0 Å². The maximum Gasteiger partial charge on any atom is 0.235 e. The zero-order valence-electron chi connectivity index (χ0n) is 28.2. The Hall–Kier alpha value is -6.10. The molecule has 7 aromatic carbocycles. The summed E-state index contributed by atoms with van der Waals surface area (Å²) >= 11 is 1.91. The first-order chi connectivity index (χ1) is 25.1. The second kappa shape index (κ2) is 10.5. The Labute approximate surface area is 299 Å². The lowest BCUT2D eigenvalue weighted by molar-refractivity contribution is 0.667. The number of fused-ring (bicyclic) bond motifs is 11. The molecule has 3 heterocycles. The maximum absolute atomic E-state index is 5.50. The Kier molecular flexibility index (Phi) is 5.89. The lowest BCUT2D eigenvalue weighted by Crippen LogP contribution is -2.14. The Balaban J connectivity index is 1.22. The van der Waals surface area contributed by atoms with Crippen LogP contribution in [-0.2, 0) is 5.41 Å². The van der Waals surface area contributed by atoms with Gasteiger partial charge in [0, 0.05) is 32.0 Å². The van der Waals surface area contributed by atoms with Gasteiger partial charge in [-0.15, -0.1) is 11.3 Å². The van der Waals surface area contributed by atoms with Gasteiger partial charge >= 0.3 is 0 Å².